The minimum absolute atomic E-state index is 0. The number of nitrogens with one attached hydrogen (secondary N) is 2. The molecule has 0 aliphatic carbocycles. The first-order chi connectivity index (χ1) is 14.1. The highest BCUT2D eigenvalue weighted by atomic mass is 127. The van der Waals surface area contributed by atoms with E-state index >= 15 is 0 Å². The molecule has 158 valence electrons. The number of H-pyrrole nitrogens is 1. The highest BCUT2D eigenvalue weighted by Gasteiger charge is 2.11. The smallest absolute Gasteiger partial charge is 0.269 e. The third kappa shape index (κ3) is 6.28. The lowest BCUT2D eigenvalue weighted by Gasteiger charge is -2.21. The quantitative estimate of drug-likeness (QED) is 0.160. The molecule has 3 aromatic rings. The fraction of sp³-hybridized carbons (Fsp3) is 0.238. The number of aromatic amines is 1. The van der Waals surface area contributed by atoms with Crippen molar-refractivity contribution in [3.63, 3.8) is 0 Å². The first-order valence-electron chi connectivity index (χ1n) is 9.39. The van der Waals surface area contributed by atoms with E-state index in [1.807, 2.05) is 61.5 Å². The number of aliphatic imine (C=N–C) groups is 1. The standard InChI is InChI=1S/C21H24N6O2.HI/c1-3-22-21(24-13-16-8-7-11-18(12-16)27(28)29)26(2)15-20-23-14-19(25-20)17-9-5-4-6-10-17;/h4-12,14H,3,13,15H2,1-2H3,(H,22,24)(H,23,25);1H. The van der Waals surface area contributed by atoms with Crippen LogP contribution in [0.3, 0.4) is 0 Å². The van der Waals surface area contributed by atoms with Gasteiger partial charge in [0.1, 0.15) is 5.82 Å². The van der Waals surface area contributed by atoms with Crippen molar-refractivity contribution in [2.24, 2.45) is 4.99 Å². The number of imidazole rings is 1. The number of benzene rings is 2. The van der Waals surface area contributed by atoms with Gasteiger partial charge in [0, 0.05) is 25.7 Å². The molecule has 0 saturated carbocycles. The summed E-state index contributed by atoms with van der Waals surface area (Å²) in [7, 11) is 1.93. The predicted molar refractivity (Wildman–Crippen MR) is 129 cm³/mol. The summed E-state index contributed by atoms with van der Waals surface area (Å²) < 4.78 is 0. The van der Waals surface area contributed by atoms with E-state index in [1.54, 1.807) is 12.1 Å². The van der Waals surface area contributed by atoms with Crippen LogP contribution < -0.4 is 5.32 Å². The van der Waals surface area contributed by atoms with Gasteiger partial charge in [-0.3, -0.25) is 10.1 Å². The van der Waals surface area contributed by atoms with Crippen molar-refractivity contribution in [3.05, 3.63) is 82.3 Å². The summed E-state index contributed by atoms with van der Waals surface area (Å²) in [5.74, 6) is 1.53. The fourth-order valence-corrected chi connectivity index (χ4v) is 2.91. The minimum Gasteiger partial charge on any atom is -0.357 e. The van der Waals surface area contributed by atoms with Crippen molar-refractivity contribution in [3.8, 4) is 11.3 Å². The molecule has 1 heterocycles. The van der Waals surface area contributed by atoms with E-state index in [0.29, 0.717) is 25.6 Å². The maximum Gasteiger partial charge on any atom is 0.269 e. The Kier molecular flexibility index (Phi) is 8.78. The van der Waals surface area contributed by atoms with E-state index < -0.39 is 4.92 Å². The van der Waals surface area contributed by atoms with Gasteiger partial charge in [-0.25, -0.2) is 9.98 Å². The van der Waals surface area contributed by atoms with Crippen molar-refractivity contribution in [2.45, 2.75) is 20.0 Å². The Hall–Kier alpha value is -2.95. The van der Waals surface area contributed by atoms with Gasteiger partial charge in [-0.2, -0.15) is 0 Å². The summed E-state index contributed by atoms with van der Waals surface area (Å²) in [4.78, 5) is 24.9. The Balaban J connectivity index is 0.00000320. The van der Waals surface area contributed by atoms with Gasteiger partial charge in [0.15, 0.2) is 5.96 Å². The molecule has 2 aromatic carbocycles. The third-order valence-corrected chi connectivity index (χ3v) is 4.33. The molecule has 0 spiro atoms. The van der Waals surface area contributed by atoms with Gasteiger partial charge in [-0.15, -0.1) is 24.0 Å². The van der Waals surface area contributed by atoms with Crippen molar-refractivity contribution in [1.29, 1.82) is 0 Å². The van der Waals surface area contributed by atoms with Crippen LogP contribution in [0, 0.1) is 10.1 Å². The first kappa shape index (κ1) is 23.3. The molecule has 0 fully saturated rings. The largest absolute Gasteiger partial charge is 0.357 e. The number of non-ortho nitro benzene ring substituents is 1. The van der Waals surface area contributed by atoms with Crippen LogP contribution in [0.25, 0.3) is 11.3 Å². The van der Waals surface area contributed by atoms with Crippen LogP contribution in [0.15, 0.2) is 65.8 Å². The molecule has 3 rings (SSSR count). The molecule has 0 aliphatic heterocycles. The molecule has 0 atom stereocenters. The number of hydrogen-bond acceptors (Lipinski definition) is 4. The number of nitrogens with zero attached hydrogens (tertiary/aromatic N) is 4. The van der Waals surface area contributed by atoms with Crippen LogP contribution in [0.2, 0.25) is 0 Å². The Morgan fingerprint density at radius 3 is 2.70 bits per heavy atom. The molecule has 2 N–H and O–H groups in total. The normalized spacial score (nSPS) is 10.9. The fourth-order valence-electron chi connectivity index (χ4n) is 2.91. The zero-order valence-corrected chi connectivity index (χ0v) is 19.2. The zero-order valence-electron chi connectivity index (χ0n) is 16.9. The lowest BCUT2D eigenvalue weighted by molar-refractivity contribution is -0.384. The number of halogens is 1. The second-order valence-electron chi connectivity index (χ2n) is 6.56. The highest BCUT2D eigenvalue weighted by molar-refractivity contribution is 14.0. The van der Waals surface area contributed by atoms with Gasteiger partial charge < -0.3 is 15.2 Å². The number of hydrogen-bond donors (Lipinski definition) is 2. The van der Waals surface area contributed by atoms with Crippen molar-refractivity contribution in [1.82, 2.24) is 20.2 Å². The van der Waals surface area contributed by atoms with Crippen molar-refractivity contribution >= 4 is 35.6 Å². The minimum atomic E-state index is -0.397. The topological polar surface area (TPSA) is 99.4 Å². The molecule has 0 saturated heterocycles. The second-order valence-corrected chi connectivity index (χ2v) is 6.56. The number of aromatic nitrogens is 2. The number of nitro benzene ring substituents is 1. The van der Waals surface area contributed by atoms with Gasteiger partial charge >= 0.3 is 0 Å². The maximum absolute atomic E-state index is 10.9. The second kappa shape index (κ2) is 11.3. The summed E-state index contributed by atoms with van der Waals surface area (Å²) in [5.41, 5.74) is 2.90. The van der Waals surface area contributed by atoms with E-state index in [2.05, 4.69) is 20.3 Å². The molecule has 1 aromatic heterocycles. The van der Waals surface area contributed by atoms with Crippen LogP contribution in [0.4, 0.5) is 5.69 Å². The van der Waals surface area contributed by atoms with Gasteiger partial charge in [-0.05, 0) is 18.1 Å². The summed E-state index contributed by atoms with van der Waals surface area (Å²) >= 11 is 0. The lowest BCUT2D eigenvalue weighted by Crippen LogP contribution is -2.38. The molecular weight excluding hydrogens is 495 g/mol. The predicted octanol–water partition coefficient (Wildman–Crippen LogP) is 4.20. The van der Waals surface area contributed by atoms with E-state index in [1.165, 1.54) is 6.07 Å². The van der Waals surface area contributed by atoms with Crippen molar-refractivity contribution in [2.75, 3.05) is 13.6 Å². The molecular formula is C21H25IN6O2. The average Bonchev–Trinajstić information content (AvgIpc) is 3.20. The Bertz CT molecular complexity index is 990. The first-order valence-corrected chi connectivity index (χ1v) is 9.39. The maximum atomic E-state index is 10.9. The van der Waals surface area contributed by atoms with E-state index in [0.717, 1.165) is 22.6 Å². The summed E-state index contributed by atoms with van der Waals surface area (Å²) in [6, 6.07) is 16.6. The SMILES string of the molecule is CCNC(=NCc1cccc([N+](=O)[O-])c1)N(C)Cc1ncc(-c2ccccc2)[nH]1.I. The molecule has 0 radical (unpaired) electrons. The monoisotopic (exact) mass is 520 g/mol. The summed E-state index contributed by atoms with van der Waals surface area (Å²) in [6.45, 7) is 3.61. The molecule has 0 bridgehead atoms. The van der Waals surface area contributed by atoms with Crippen LogP contribution in [-0.4, -0.2) is 39.3 Å². The molecule has 0 unspecified atom stereocenters. The molecule has 8 nitrogen and oxygen atoms in total. The number of nitro groups is 1. The van der Waals surface area contributed by atoms with E-state index in [4.69, 9.17) is 0 Å². The summed E-state index contributed by atoms with van der Waals surface area (Å²) in [6.07, 6.45) is 1.83. The van der Waals surface area contributed by atoms with Gasteiger partial charge in [0.05, 0.1) is 29.9 Å². The molecule has 30 heavy (non-hydrogen) atoms. The molecule has 9 heteroatoms. The number of guanidine groups is 1. The van der Waals surface area contributed by atoms with Crippen molar-refractivity contribution < 1.29 is 4.92 Å². The van der Waals surface area contributed by atoms with Gasteiger partial charge in [0.25, 0.3) is 5.69 Å². The van der Waals surface area contributed by atoms with Crippen LogP contribution >= 0.6 is 24.0 Å². The van der Waals surface area contributed by atoms with Crippen LogP contribution in [0.5, 0.6) is 0 Å². The summed E-state index contributed by atoms with van der Waals surface area (Å²) in [5, 5.41) is 14.2. The van der Waals surface area contributed by atoms with Gasteiger partial charge in [-0.1, -0.05) is 42.5 Å². The Morgan fingerprint density at radius 2 is 2.00 bits per heavy atom. The zero-order chi connectivity index (χ0) is 20.6. The van der Waals surface area contributed by atoms with Crippen LogP contribution in [0.1, 0.15) is 18.3 Å². The lowest BCUT2D eigenvalue weighted by atomic mass is 10.2. The number of rotatable bonds is 7. The Morgan fingerprint density at radius 1 is 1.23 bits per heavy atom. The highest BCUT2D eigenvalue weighted by Crippen LogP contribution is 2.17. The van der Waals surface area contributed by atoms with E-state index in [-0.39, 0.29) is 29.7 Å². The van der Waals surface area contributed by atoms with E-state index in [9.17, 15) is 10.1 Å². The molecule has 0 aliphatic rings. The van der Waals surface area contributed by atoms with Crippen LogP contribution in [-0.2, 0) is 13.1 Å². The average molecular weight is 520 g/mol. The molecule has 0 amide bonds. The Labute approximate surface area is 192 Å². The third-order valence-electron chi connectivity index (χ3n) is 4.33. The van der Waals surface area contributed by atoms with Gasteiger partial charge in [0.2, 0.25) is 0 Å².